The predicted octanol–water partition coefficient (Wildman–Crippen LogP) is 3.72. The quantitative estimate of drug-likeness (QED) is 0.635. The van der Waals surface area contributed by atoms with Crippen LogP contribution in [0.25, 0.3) is 10.8 Å². The zero-order valence-corrected chi connectivity index (χ0v) is 15.3. The summed E-state index contributed by atoms with van der Waals surface area (Å²) in [4.78, 5) is 18.7. The van der Waals surface area contributed by atoms with E-state index in [1.165, 1.54) is 16.7 Å². The summed E-state index contributed by atoms with van der Waals surface area (Å²) in [5.41, 5.74) is 1.45. The van der Waals surface area contributed by atoms with Crippen molar-refractivity contribution in [2.45, 2.75) is 6.42 Å². The third-order valence-corrected chi connectivity index (χ3v) is 4.59. The summed E-state index contributed by atoms with van der Waals surface area (Å²) in [6, 6.07) is 14.3. The molecule has 0 aliphatic carbocycles. The molecule has 3 aromatic rings. The Morgan fingerprint density at radius 1 is 1.16 bits per heavy atom. The van der Waals surface area contributed by atoms with E-state index in [4.69, 9.17) is 0 Å². The van der Waals surface area contributed by atoms with Crippen molar-refractivity contribution in [1.82, 2.24) is 15.2 Å². The van der Waals surface area contributed by atoms with Crippen LogP contribution >= 0.6 is 11.3 Å². The van der Waals surface area contributed by atoms with Gasteiger partial charge >= 0.3 is 0 Å². The average molecular weight is 354 g/mol. The number of benzene rings is 2. The van der Waals surface area contributed by atoms with Crippen LogP contribution in [0.1, 0.15) is 16.9 Å². The van der Waals surface area contributed by atoms with Crippen LogP contribution in [0.15, 0.2) is 47.8 Å². The molecule has 3 rings (SSSR count). The zero-order valence-electron chi connectivity index (χ0n) is 14.5. The molecule has 1 amide bonds. The predicted molar refractivity (Wildman–Crippen MR) is 105 cm³/mol. The van der Waals surface area contributed by atoms with E-state index in [0.29, 0.717) is 12.2 Å². The monoisotopic (exact) mass is 354 g/mol. The van der Waals surface area contributed by atoms with Crippen LogP contribution in [0.5, 0.6) is 0 Å². The third-order valence-electron chi connectivity index (χ3n) is 3.84. The maximum absolute atomic E-state index is 12.2. The number of carbonyl (C=O) groups is 1. The Hall–Kier alpha value is -2.44. The minimum atomic E-state index is -0.124. The molecule has 25 heavy (non-hydrogen) atoms. The number of fused-ring (bicyclic) bond motifs is 1. The van der Waals surface area contributed by atoms with Crippen molar-refractivity contribution in [3.8, 4) is 0 Å². The summed E-state index contributed by atoms with van der Waals surface area (Å²) < 4.78 is 0. The largest absolute Gasteiger partial charge is 0.351 e. The second-order valence-electron chi connectivity index (χ2n) is 6.10. The number of amides is 1. The first kappa shape index (κ1) is 17.4. The van der Waals surface area contributed by atoms with Crippen LogP contribution < -0.4 is 10.6 Å². The molecule has 0 saturated heterocycles. The van der Waals surface area contributed by atoms with E-state index in [2.05, 4.69) is 38.7 Å². The van der Waals surface area contributed by atoms with Crippen molar-refractivity contribution in [1.29, 1.82) is 0 Å². The maximum Gasteiger partial charge on any atom is 0.270 e. The van der Waals surface area contributed by atoms with E-state index in [-0.39, 0.29) is 5.91 Å². The topological polar surface area (TPSA) is 57.3 Å². The molecule has 0 unspecified atom stereocenters. The molecule has 0 bridgehead atoms. The highest BCUT2D eigenvalue weighted by atomic mass is 32.1. The number of rotatable bonds is 7. The first-order valence-corrected chi connectivity index (χ1v) is 9.15. The van der Waals surface area contributed by atoms with Gasteiger partial charge in [-0.15, -0.1) is 11.3 Å². The first-order valence-electron chi connectivity index (χ1n) is 8.27. The number of anilines is 2. The molecule has 5 nitrogen and oxygen atoms in total. The number of nitrogens with one attached hydrogen (secondary N) is 2. The lowest BCUT2D eigenvalue weighted by Gasteiger charge is -2.09. The fourth-order valence-electron chi connectivity index (χ4n) is 2.57. The van der Waals surface area contributed by atoms with E-state index in [0.717, 1.165) is 29.2 Å². The van der Waals surface area contributed by atoms with Gasteiger partial charge in [0.25, 0.3) is 5.91 Å². The van der Waals surface area contributed by atoms with E-state index in [9.17, 15) is 4.79 Å². The van der Waals surface area contributed by atoms with Crippen molar-refractivity contribution in [2.24, 2.45) is 0 Å². The number of aromatic nitrogens is 1. The number of carbonyl (C=O) groups excluding carboxylic acids is 1. The Morgan fingerprint density at radius 2 is 1.96 bits per heavy atom. The van der Waals surface area contributed by atoms with Crippen LogP contribution in [0.3, 0.4) is 0 Å². The van der Waals surface area contributed by atoms with Crippen molar-refractivity contribution in [3.63, 3.8) is 0 Å². The Labute approximate surface area is 151 Å². The highest BCUT2D eigenvalue weighted by Gasteiger charge is 2.11. The Kier molecular flexibility index (Phi) is 5.63. The number of thiazole rings is 1. The highest BCUT2D eigenvalue weighted by Crippen LogP contribution is 2.27. The average Bonchev–Trinajstić information content (AvgIpc) is 3.07. The second kappa shape index (κ2) is 8.09. The molecular formula is C19H22N4OS. The van der Waals surface area contributed by atoms with Gasteiger partial charge < -0.3 is 15.5 Å². The van der Waals surface area contributed by atoms with Gasteiger partial charge in [0.2, 0.25) is 0 Å². The summed E-state index contributed by atoms with van der Waals surface area (Å²) in [5.74, 6) is -0.124. The summed E-state index contributed by atoms with van der Waals surface area (Å²) in [6.07, 6.45) is 0.921. The highest BCUT2D eigenvalue weighted by molar-refractivity contribution is 7.14. The number of hydrogen-bond donors (Lipinski definition) is 2. The molecule has 0 saturated carbocycles. The maximum atomic E-state index is 12.2. The van der Waals surface area contributed by atoms with Gasteiger partial charge in [0, 0.05) is 23.0 Å². The van der Waals surface area contributed by atoms with Gasteiger partial charge in [-0.3, -0.25) is 4.79 Å². The van der Waals surface area contributed by atoms with Gasteiger partial charge in [-0.25, -0.2) is 4.98 Å². The molecule has 0 fully saturated rings. The molecule has 0 aliphatic heterocycles. The van der Waals surface area contributed by atoms with Gasteiger partial charge in [0.15, 0.2) is 5.13 Å². The van der Waals surface area contributed by atoms with E-state index >= 15 is 0 Å². The Morgan fingerprint density at radius 3 is 2.80 bits per heavy atom. The Bertz CT molecular complexity index is 854. The van der Waals surface area contributed by atoms with Gasteiger partial charge in [-0.2, -0.15) is 0 Å². The summed E-state index contributed by atoms with van der Waals surface area (Å²) in [5, 5.41) is 11.0. The van der Waals surface area contributed by atoms with Crippen LogP contribution in [0, 0.1) is 0 Å². The van der Waals surface area contributed by atoms with E-state index < -0.39 is 0 Å². The molecule has 6 heteroatoms. The summed E-state index contributed by atoms with van der Waals surface area (Å²) >= 11 is 1.43. The normalized spacial score (nSPS) is 11.0. The summed E-state index contributed by atoms with van der Waals surface area (Å²) in [6.45, 7) is 1.60. The first-order chi connectivity index (χ1) is 12.1. The minimum Gasteiger partial charge on any atom is -0.351 e. The zero-order chi connectivity index (χ0) is 17.6. The van der Waals surface area contributed by atoms with Crippen molar-refractivity contribution in [2.75, 3.05) is 32.5 Å². The lowest BCUT2D eigenvalue weighted by molar-refractivity contribution is 0.0948. The van der Waals surface area contributed by atoms with Crippen molar-refractivity contribution >= 4 is 38.8 Å². The molecule has 1 heterocycles. The molecule has 0 spiro atoms. The van der Waals surface area contributed by atoms with Crippen LogP contribution in [0.2, 0.25) is 0 Å². The molecule has 2 N–H and O–H groups in total. The lowest BCUT2D eigenvalue weighted by atomic mass is 10.1. The van der Waals surface area contributed by atoms with Crippen LogP contribution in [-0.4, -0.2) is 43.0 Å². The Balaban J connectivity index is 1.64. The van der Waals surface area contributed by atoms with Crippen molar-refractivity contribution < 1.29 is 4.79 Å². The van der Waals surface area contributed by atoms with E-state index in [1.807, 2.05) is 38.4 Å². The molecule has 0 atom stereocenters. The molecular weight excluding hydrogens is 332 g/mol. The van der Waals surface area contributed by atoms with Gasteiger partial charge in [-0.1, -0.05) is 36.4 Å². The van der Waals surface area contributed by atoms with Crippen LogP contribution in [0.4, 0.5) is 10.8 Å². The van der Waals surface area contributed by atoms with Crippen LogP contribution in [-0.2, 0) is 0 Å². The standard InChI is InChI=1S/C19H22N4OS/c1-23(2)12-6-11-20-18(24)17-13-25-19(22-17)21-16-10-5-8-14-7-3-4-9-15(14)16/h3-5,7-10,13H,6,11-12H2,1-2H3,(H,20,24)(H,21,22). The molecule has 2 aromatic carbocycles. The SMILES string of the molecule is CN(C)CCCNC(=O)c1csc(Nc2cccc3ccccc23)n1. The fraction of sp³-hybridized carbons (Fsp3) is 0.263. The smallest absolute Gasteiger partial charge is 0.270 e. The summed E-state index contributed by atoms with van der Waals surface area (Å²) in [7, 11) is 4.04. The van der Waals surface area contributed by atoms with Gasteiger partial charge in [0.1, 0.15) is 5.69 Å². The van der Waals surface area contributed by atoms with Crippen molar-refractivity contribution in [3.05, 3.63) is 53.5 Å². The number of hydrogen-bond acceptors (Lipinski definition) is 5. The molecule has 1 aromatic heterocycles. The van der Waals surface area contributed by atoms with Gasteiger partial charge in [0.05, 0.1) is 0 Å². The lowest BCUT2D eigenvalue weighted by Crippen LogP contribution is -2.27. The molecule has 0 radical (unpaired) electrons. The number of nitrogens with zero attached hydrogens (tertiary/aromatic N) is 2. The fourth-order valence-corrected chi connectivity index (χ4v) is 3.28. The van der Waals surface area contributed by atoms with E-state index in [1.54, 1.807) is 5.38 Å². The third kappa shape index (κ3) is 4.55. The molecule has 0 aliphatic rings. The molecule has 130 valence electrons. The minimum absolute atomic E-state index is 0.124. The second-order valence-corrected chi connectivity index (χ2v) is 6.96. The van der Waals surface area contributed by atoms with Gasteiger partial charge in [-0.05, 0) is 38.5 Å².